The molecule has 0 aliphatic carbocycles. The molecular formula is C22H45NO. The third-order valence-corrected chi connectivity index (χ3v) is 5.42. The molecule has 0 aromatic heterocycles. The Morgan fingerprint density at radius 3 is 2.12 bits per heavy atom. The van der Waals surface area contributed by atoms with Crippen molar-refractivity contribution in [2.24, 2.45) is 5.73 Å². The van der Waals surface area contributed by atoms with Crippen molar-refractivity contribution in [3.8, 4) is 0 Å². The van der Waals surface area contributed by atoms with Gasteiger partial charge in [-0.2, -0.15) is 0 Å². The number of nitrogens with two attached hydrogens (primary N) is 1. The molecule has 144 valence electrons. The minimum atomic E-state index is -0.133. The molecule has 1 atom stereocenters. The zero-order valence-electron chi connectivity index (χ0n) is 16.9. The molecule has 0 radical (unpaired) electrons. The molecule has 0 spiro atoms. The molecule has 0 aliphatic rings. The predicted octanol–water partition coefficient (Wildman–Crippen LogP) is 6.51. The number of aliphatic hydroxyl groups excluding tert-OH is 1. The smallest absolute Gasteiger partial charge is 0.0574 e. The lowest BCUT2D eigenvalue weighted by molar-refractivity contribution is 0.163. The monoisotopic (exact) mass is 339 g/mol. The molecule has 0 saturated heterocycles. The average Bonchev–Trinajstić information content (AvgIpc) is 2.60. The van der Waals surface area contributed by atoms with Crippen molar-refractivity contribution in [2.45, 2.75) is 129 Å². The second-order valence-corrected chi connectivity index (χ2v) is 7.59. The molecule has 0 bridgehead atoms. The van der Waals surface area contributed by atoms with Crippen LogP contribution >= 0.6 is 0 Å². The molecule has 0 aromatic rings. The van der Waals surface area contributed by atoms with Crippen LogP contribution in [-0.2, 0) is 0 Å². The maximum absolute atomic E-state index is 9.89. The minimum Gasteiger partial charge on any atom is -0.393 e. The molecule has 2 nitrogen and oxygen atoms in total. The Morgan fingerprint density at radius 1 is 0.833 bits per heavy atom. The van der Waals surface area contributed by atoms with E-state index in [1.807, 2.05) is 0 Å². The summed E-state index contributed by atoms with van der Waals surface area (Å²) >= 11 is 0. The van der Waals surface area contributed by atoms with Crippen molar-refractivity contribution in [3.05, 3.63) is 12.2 Å². The summed E-state index contributed by atoms with van der Waals surface area (Å²) in [4.78, 5) is 0. The molecule has 3 N–H and O–H groups in total. The Labute approximate surface area is 152 Å². The Kier molecular flexibility index (Phi) is 15.9. The van der Waals surface area contributed by atoms with E-state index in [0.717, 1.165) is 32.1 Å². The van der Waals surface area contributed by atoms with Crippen LogP contribution in [0.25, 0.3) is 0 Å². The lowest BCUT2D eigenvalue weighted by Crippen LogP contribution is -2.38. The van der Waals surface area contributed by atoms with E-state index in [0.29, 0.717) is 0 Å². The maximum atomic E-state index is 9.89. The first-order valence-electron chi connectivity index (χ1n) is 10.7. The van der Waals surface area contributed by atoms with Crippen molar-refractivity contribution in [2.75, 3.05) is 0 Å². The highest BCUT2D eigenvalue weighted by molar-refractivity contribution is 4.84. The highest BCUT2D eigenvalue weighted by atomic mass is 16.3. The third kappa shape index (κ3) is 14.0. The highest BCUT2D eigenvalue weighted by Crippen LogP contribution is 2.20. The number of hydrogen-bond donors (Lipinski definition) is 2. The third-order valence-electron chi connectivity index (χ3n) is 5.42. The summed E-state index contributed by atoms with van der Waals surface area (Å²) in [5, 5.41) is 9.89. The van der Waals surface area contributed by atoms with Crippen LogP contribution < -0.4 is 5.73 Å². The summed E-state index contributed by atoms with van der Waals surface area (Å²) in [5.74, 6) is 0. The van der Waals surface area contributed by atoms with Gasteiger partial charge in [-0.25, -0.2) is 0 Å². The van der Waals surface area contributed by atoms with Crippen LogP contribution in [0.5, 0.6) is 0 Å². The summed E-state index contributed by atoms with van der Waals surface area (Å²) < 4.78 is 0. The largest absolute Gasteiger partial charge is 0.393 e. The zero-order chi connectivity index (χ0) is 18.1. The van der Waals surface area contributed by atoms with E-state index in [2.05, 4.69) is 32.9 Å². The number of unbranched alkanes of at least 4 members (excludes halogenated alkanes) is 8. The maximum Gasteiger partial charge on any atom is 0.0574 e. The molecular weight excluding hydrogens is 294 g/mol. The molecule has 0 aliphatic heterocycles. The lowest BCUT2D eigenvalue weighted by Gasteiger charge is -2.26. The van der Waals surface area contributed by atoms with Gasteiger partial charge in [-0.3, -0.25) is 0 Å². The van der Waals surface area contributed by atoms with Crippen LogP contribution in [0.2, 0.25) is 0 Å². The lowest BCUT2D eigenvalue weighted by atomic mass is 9.88. The van der Waals surface area contributed by atoms with Crippen LogP contribution in [0.3, 0.4) is 0 Å². The molecule has 0 fully saturated rings. The van der Waals surface area contributed by atoms with Gasteiger partial charge in [0.1, 0.15) is 0 Å². The van der Waals surface area contributed by atoms with Gasteiger partial charge in [-0.15, -0.1) is 0 Å². The second-order valence-electron chi connectivity index (χ2n) is 7.59. The van der Waals surface area contributed by atoms with Gasteiger partial charge in [-0.05, 0) is 44.9 Å². The van der Waals surface area contributed by atoms with E-state index in [-0.39, 0.29) is 11.6 Å². The van der Waals surface area contributed by atoms with Gasteiger partial charge in [0.25, 0.3) is 0 Å². The minimum absolute atomic E-state index is 0.0834. The van der Waals surface area contributed by atoms with Crippen molar-refractivity contribution in [1.82, 2.24) is 0 Å². The van der Waals surface area contributed by atoms with E-state index < -0.39 is 0 Å². The second kappa shape index (κ2) is 16.1. The molecule has 0 saturated carbocycles. The molecule has 0 unspecified atom stereocenters. The van der Waals surface area contributed by atoms with E-state index in [9.17, 15) is 5.11 Å². The van der Waals surface area contributed by atoms with Gasteiger partial charge in [-0.1, -0.05) is 84.3 Å². The molecule has 0 aromatic carbocycles. The summed E-state index contributed by atoms with van der Waals surface area (Å²) in [7, 11) is 0. The Balaban J connectivity index is 3.40. The SMILES string of the molecule is CCCCCC[C@@H](O)C/C=C\CCCCCCCC(N)(CC)CC. The zero-order valence-corrected chi connectivity index (χ0v) is 16.9. The van der Waals surface area contributed by atoms with E-state index in [4.69, 9.17) is 5.73 Å². The summed E-state index contributed by atoms with van der Waals surface area (Å²) in [6.07, 6.45) is 22.1. The number of allylic oxidation sites excluding steroid dienone is 1. The number of hydrogen-bond acceptors (Lipinski definition) is 2. The number of aliphatic hydroxyl groups is 1. The van der Waals surface area contributed by atoms with Gasteiger partial charge in [0.15, 0.2) is 0 Å². The first-order valence-corrected chi connectivity index (χ1v) is 10.7. The van der Waals surface area contributed by atoms with Crippen molar-refractivity contribution in [3.63, 3.8) is 0 Å². The summed E-state index contributed by atoms with van der Waals surface area (Å²) in [6, 6.07) is 0. The predicted molar refractivity (Wildman–Crippen MR) is 108 cm³/mol. The van der Waals surface area contributed by atoms with Gasteiger partial charge < -0.3 is 10.8 Å². The van der Waals surface area contributed by atoms with Crippen LogP contribution in [0.15, 0.2) is 12.2 Å². The van der Waals surface area contributed by atoms with Crippen LogP contribution in [0.1, 0.15) is 117 Å². The van der Waals surface area contributed by atoms with E-state index in [1.54, 1.807) is 0 Å². The standard InChI is InChI=1S/C22H45NO/c1-4-7-8-15-18-21(24)19-16-13-11-9-10-12-14-17-20-22(23,5-2)6-3/h13,16,21,24H,4-12,14-15,17-20,23H2,1-3H3/b16-13-/t21-/m1/s1. The summed E-state index contributed by atoms with van der Waals surface area (Å²) in [6.45, 7) is 6.64. The molecule has 0 heterocycles. The fraction of sp³-hybridized carbons (Fsp3) is 0.909. The first-order chi connectivity index (χ1) is 11.6. The number of rotatable bonds is 17. The van der Waals surface area contributed by atoms with Gasteiger partial charge in [0, 0.05) is 5.54 Å². The molecule has 0 amide bonds. The first kappa shape index (κ1) is 23.7. The van der Waals surface area contributed by atoms with E-state index >= 15 is 0 Å². The van der Waals surface area contributed by atoms with E-state index in [1.165, 1.54) is 64.2 Å². The van der Waals surface area contributed by atoms with Gasteiger partial charge in [0.05, 0.1) is 6.10 Å². The van der Waals surface area contributed by atoms with Gasteiger partial charge in [0.2, 0.25) is 0 Å². The van der Waals surface area contributed by atoms with Crippen LogP contribution in [0.4, 0.5) is 0 Å². The normalized spacial score (nSPS) is 13.7. The topological polar surface area (TPSA) is 46.2 Å². The highest BCUT2D eigenvalue weighted by Gasteiger charge is 2.18. The Morgan fingerprint density at radius 2 is 1.46 bits per heavy atom. The molecule has 24 heavy (non-hydrogen) atoms. The Bertz CT molecular complexity index is 284. The van der Waals surface area contributed by atoms with Crippen LogP contribution in [-0.4, -0.2) is 16.7 Å². The van der Waals surface area contributed by atoms with Crippen molar-refractivity contribution < 1.29 is 5.11 Å². The van der Waals surface area contributed by atoms with Crippen LogP contribution in [0, 0.1) is 0 Å². The summed E-state index contributed by atoms with van der Waals surface area (Å²) in [5.41, 5.74) is 6.42. The van der Waals surface area contributed by atoms with Crippen molar-refractivity contribution >= 4 is 0 Å². The fourth-order valence-electron chi connectivity index (χ4n) is 3.17. The molecule has 2 heteroatoms. The Hall–Kier alpha value is -0.340. The fourth-order valence-corrected chi connectivity index (χ4v) is 3.17. The average molecular weight is 340 g/mol. The molecule has 0 rings (SSSR count). The van der Waals surface area contributed by atoms with Gasteiger partial charge >= 0.3 is 0 Å². The van der Waals surface area contributed by atoms with Crippen molar-refractivity contribution in [1.29, 1.82) is 0 Å². The quantitative estimate of drug-likeness (QED) is 0.234.